The fourth-order valence-electron chi connectivity index (χ4n) is 5.76. The van der Waals surface area contributed by atoms with Gasteiger partial charge in [0, 0.05) is 38.8 Å². The average Bonchev–Trinajstić information content (AvgIpc) is 3.04. The molecule has 0 aliphatic heterocycles. The van der Waals surface area contributed by atoms with E-state index < -0.39 is 83.2 Å². The molecule has 0 bridgehead atoms. The molecule has 0 spiro atoms. The third-order valence-electron chi connectivity index (χ3n) is 8.58. The number of carbonyl (C=O) groups excluding carboxylic acids is 1. The van der Waals surface area contributed by atoms with E-state index in [0.29, 0.717) is 43.7 Å². The van der Waals surface area contributed by atoms with Crippen molar-refractivity contribution in [3.63, 3.8) is 0 Å². The van der Waals surface area contributed by atoms with E-state index >= 15 is 0 Å². The number of aliphatic hydroxyl groups is 1. The molecule has 0 saturated heterocycles. The lowest BCUT2D eigenvalue weighted by Gasteiger charge is -2.39. The van der Waals surface area contributed by atoms with Gasteiger partial charge in [-0.05, 0) is 79.5 Å². The van der Waals surface area contributed by atoms with Crippen LogP contribution >= 0.6 is 0 Å². The van der Waals surface area contributed by atoms with Crippen LogP contribution in [-0.2, 0) is 40.4 Å². The third-order valence-corrected chi connectivity index (χ3v) is 10.6. The number of hydrogen-bond donors (Lipinski definition) is 2. The van der Waals surface area contributed by atoms with Gasteiger partial charge >= 0.3 is 18.3 Å². The van der Waals surface area contributed by atoms with E-state index in [9.17, 15) is 53.4 Å². The number of benzene rings is 2. The number of allylic oxidation sites excluding steroid dienone is 1. The van der Waals surface area contributed by atoms with Gasteiger partial charge in [0.1, 0.15) is 11.6 Å². The Kier molecular flexibility index (Phi) is 17.4. The van der Waals surface area contributed by atoms with Crippen LogP contribution in [0.4, 0.5) is 35.1 Å². The summed E-state index contributed by atoms with van der Waals surface area (Å²) in [5.41, 5.74) is -0.399. The quantitative estimate of drug-likeness (QED) is 0.0744. The van der Waals surface area contributed by atoms with E-state index in [-0.39, 0.29) is 41.2 Å². The van der Waals surface area contributed by atoms with Crippen molar-refractivity contribution in [1.29, 1.82) is 0 Å². The SMILES string of the molecule is C=CCCCc1ccc(C(F)(F)F)cc1CNC[C@H](O)[C@H](Cc1cc(F)cc(F)c1)N(C[C@H](CC=C)N(C)S(=O)(=O)CCCCC)C(=O)C(F)(F)F. The number of unbranched alkanes of at least 4 members (excludes halogenated alkanes) is 3. The number of likely N-dealkylation sites (N-methyl/N-ethyl adjacent to an activating group) is 1. The number of hydrogen-bond acceptors (Lipinski definition) is 5. The van der Waals surface area contributed by atoms with Crippen molar-refractivity contribution in [3.8, 4) is 0 Å². The Morgan fingerprint density at radius 1 is 0.962 bits per heavy atom. The van der Waals surface area contributed by atoms with E-state index in [0.717, 1.165) is 35.6 Å². The number of amides is 1. The Bertz CT molecular complexity index is 1560. The van der Waals surface area contributed by atoms with Crippen LogP contribution in [-0.4, -0.2) is 78.9 Å². The zero-order chi connectivity index (χ0) is 39.3. The molecule has 3 atom stereocenters. The van der Waals surface area contributed by atoms with Crippen molar-refractivity contribution in [1.82, 2.24) is 14.5 Å². The van der Waals surface area contributed by atoms with E-state index in [1.54, 1.807) is 6.08 Å². The monoisotopic (exact) mass is 769 g/mol. The number of alkyl halides is 6. The molecule has 2 aromatic rings. The smallest absolute Gasteiger partial charge is 0.390 e. The highest BCUT2D eigenvalue weighted by atomic mass is 32.2. The Hall–Kier alpha value is -3.34. The zero-order valence-corrected chi connectivity index (χ0v) is 30.1. The first kappa shape index (κ1) is 44.8. The van der Waals surface area contributed by atoms with Crippen LogP contribution in [0.25, 0.3) is 0 Å². The third kappa shape index (κ3) is 13.9. The maximum Gasteiger partial charge on any atom is 0.471 e. The number of carbonyl (C=O) groups is 1. The molecule has 0 fully saturated rings. The molecule has 2 aromatic carbocycles. The summed E-state index contributed by atoms with van der Waals surface area (Å²) < 4.78 is 139. The number of aliphatic hydroxyl groups excluding tert-OH is 1. The molecule has 0 saturated carbocycles. The van der Waals surface area contributed by atoms with Gasteiger partial charge in [-0.3, -0.25) is 4.79 Å². The number of nitrogens with zero attached hydrogens (tertiary/aromatic N) is 2. The summed E-state index contributed by atoms with van der Waals surface area (Å²) in [7, 11) is -2.89. The van der Waals surface area contributed by atoms with Gasteiger partial charge < -0.3 is 15.3 Å². The molecule has 292 valence electrons. The molecule has 2 N–H and O–H groups in total. The van der Waals surface area contributed by atoms with Crippen molar-refractivity contribution >= 4 is 15.9 Å². The molecule has 52 heavy (non-hydrogen) atoms. The lowest BCUT2D eigenvalue weighted by molar-refractivity contribution is -0.190. The van der Waals surface area contributed by atoms with Crippen LogP contribution < -0.4 is 5.32 Å². The molecular formula is C36H47F8N3O4S. The lowest BCUT2D eigenvalue weighted by atomic mass is 9.97. The molecule has 0 unspecified atom stereocenters. The summed E-state index contributed by atoms with van der Waals surface area (Å²) >= 11 is 0. The lowest BCUT2D eigenvalue weighted by Crippen LogP contribution is -2.58. The molecule has 0 aliphatic rings. The van der Waals surface area contributed by atoms with Crippen LogP contribution in [0, 0.1) is 11.6 Å². The maximum atomic E-state index is 14.2. The number of aryl methyl sites for hydroxylation is 1. The minimum absolute atomic E-state index is 0.203. The predicted molar refractivity (Wildman–Crippen MR) is 184 cm³/mol. The van der Waals surface area contributed by atoms with Gasteiger partial charge in [0.25, 0.3) is 0 Å². The van der Waals surface area contributed by atoms with Crippen LogP contribution in [0.15, 0.2) is 61.7 Å². The minimum atomic E-state index is -5.52. The van der Waals surface area contributed by atoms with Crippen LogP contribution in [0.2, 0.25) is 0 Å². The largest absolute Gasteiger partial charge is 0.471 e. The highest BCUT2D eigenvalue weighted by Gasteiger charge is 2.47. The van der Waals surface area contributed by atoms with Gasteiger partial charge in [-0.25, -0.2) is 17.2 Å². The summed E-state index contributed by atoms with van der Waals surface area (Å²) in [5.74, 6) is -4.92. The van der Waals surface area contributed by atoms with E-state index in [2.05, 4.69) is 18.5 Å². The summed E-state index contributed by atoms with van der Waals surface area (Å²) in [5, 5.41) is 14.2. The summed E-state index contributed by atoms with van der Waals surface area (Å²) in [6.07, 6.45) is -7.02. The molecule has 0 heterocycles. The topological polar surface area (TPSA) is 89.9 Å². The Morgan fingerprint density at radius 3 is 2.17 bits per heavy atom. The fourth-order valence-corrected chi connectivity index (χ4v) is 7.22. The summed E-state index contributed by atoms with van der Waals surface area (Å²) in [6.45, 7) is 7.30. The van der Waals surface area contributed by atoms with E-state index in [1.807, 2.05) is 6.92 Å². The number of nitrogens with one attached hydrogen (secondary N) is 1. The van der Waals surface area contributed by atoms with Crippen LogP contribution in [0.5, 0.6) is 0 Å². The normalized spacial score (nSPS) is 14.2. The first-order valence-electron chi connectivity index (χ1n) is 16.8. The first-order chi connectivity index (χ1) is 24.2. The Balaban J connectivity index is 2.56. The molecule has 2 rings (SSSR count). The number of halogens is 8. The van der Waals surface area contributed by atoms with Gasteiger partial charge in [0.15, 0.2) is 0 Å². The van der Waals surface area contributed by atoms with Gasteiger partial charge in [-0.15, -0.1) is 13.2 Å². The standard InChI is InChI=1S/C36H47F8N3O4S/c1-5-8-10-13-26-14-15-28(35(39,40)41)20-27(26)22-45-23-33(48)32(19-25-17-29(37)21-30(38)18-25)47(34(49)36(42,43)44)24-31(12-7-3)46(4)52(50,51)16-11-9-6-2/h5,7,14-15,17-18,20-21,31-33,45,48H,1,3,6,8-13,16,19,22-24H2,2,4H3/t31-,32-,33-/m0/s1. The van der Waals surface area contributed by atoms with Crippen molar-refractivity contribution in [2.45, 2.75) is 95.4 Å². The molecule has 1 amide bonds. The predicted octanol–water partition coefficient (Wildman–Crippen LogP) is 7.34. The summed E-state index contributed by atoms with van der Waals surface area (Å²) in [6, 6.07) is 2.19. The Labute approximate surface area is 300 Å². The minimum Gasteiger partial charge on any atom is -0.390 e. The molecule has 0 aliphatic carbocycles. The second-order valence-electron chi connectivity index (χ2n) is 12.6. The van der Waals surface area contributed by atoms with E-state index in [1.165, 1.54) is 12.1 Å². The summed E-state index contributed by atoms with van der Waals surface area (Å²) in [4.78, 5) is 13.3. The van der Waals surface area contributed by atoms with Gasteiger partial charge in [0.2, 0.25) is 10.0 Å². The van der Waals surface area contributed by atoms with Crippen molar-refractivity contribution in [2.24, 2.45) is 0 Å². The molecule has 0 radical (unpaired) electrons. The van der Waals surface area contributed by atoms with Gasteiger partial charge in [0.05, 0.1) is 23.5 Å². The van der Waals surface area contributed by atoms with Gasteiger partial charge in [-0.1, -0.05) is 38.0 Å². The molecule has 0 aromatic heterocycles. The van der Waals surface area contributed by atoms with Crippen molar-refractivity contribution in [3.05, 3.63) is 95.6 Å². The second-order valence-corrected chi connectivity index (χ2v) is 14.7. The van der Waals surface area contributed by atoms with Crippen LogP contribution in [0.1, 0.15) is 67.7 Å². The molecule has 16 heteroatoms. The molecular weight excluding hydrogens is 722 g/mol. The van der Waals surface area contributed by atoms with Gasteiger partial charge in [-0.2, -0.15) is 30.6 Å². The molecule has 7 nitrogen and oxygen atoms in total. The Morgan fingerprint density at radius 2 is 1.62 bits per heavy atom. The zero-order valence-electron chi connectivity index (χ0n) is 29.2. The van der Waals surface area contributed by atoms with Crippen LogP contribution in [0.3, 0.4) is 0 Å². The highest BCUT2D eigenvalue weighted by molar-refractivity contribution is 7.89. The van der Waals surface area contributed by atoms with Crippen molar-refractivity contribution < 1.29 is 53.4 Å². The number of rotatable bonds is 22. The second kappa shape index (κ2) is 20.2. The average molecular weight is 770 g/mol. The fraction of sp³-hybridized carbons (Fsp3) is 0.528. The maximum absolute atomic E-state index is 14.2. The number of sulfonamides is 1. The first-order valence-corrected chi connectivity index (χ1v) is 18.4. The van der Waals surface area contributed by atoms with E-state index in [4.69, 9.17) is 0 Å². The van der Waals surface area contributed by atoms with Crippen molar-refractivity contribution in [2.75, 3.05) is 25.9 Å². The highest BCUT2D eigenvalue weighted by Crippen LogP contribution is 2.31.